The molecular weight excluding hydrogens is 244 g/mol. The van der Waals surface area contributed by atoms with Gasteiger partial charge in [0, 0.05) is 0 Å². The van der Waals surface area contributed by atoms with Crippen molar-refractivity contribution >= 4 is 11.7 Å². The molecule has 6 heteroatoms. The average Bonchev–Trinajstić information content (AvgIpc) is 2.42. The molecule has 1 fully saturated rings. The number of aliphatic hydroxyl groups excluding tert-OH is 1. The summed E-state index contributed by atoms with van der Waals surface area (Å²) in [5.74, 6) is 0.667. The Bertz CT molecular complexity index is 438. The van der Waals surface area contributed by atoms with Gasteiger partial charge < -0.3 is 16.2 Å². The first-order valence-electron chi connectivity index (χ1n) is 6.57. The van der Waals surface area contributed by atoms with Crippen LogP contribution in [-0.2, 0) is 0 Å². The lowest BCUT2D eigenvalue weighted by Crippen LogP contribution is -2.45. The summed E-state index contributed by atoms with van der Waals surface area (Å²) in [4.78, 5) is 10.9. The van der Waals surface area contributed by atoms with Gasteiger partial charge in [-0.15, -0.1) is 10.2 Å². The topological polar surface area (TPSA) is 101 Å². The molecule has 0 saturated heterocycles. The monoisotopic (exact) mass is 264 g/mol. The smallest absolute Gasteiger partial charge is 0.269 e. The van der Waals surface area contributed by atoms with Crippen LogP contribution in [0.2, 0.25) is 0 Å². The summed E-state index contributed by atoms with van der Waals surface area (Å²) in [5.41, 5.74) is 4.93. The van der Waals surface area contributed by atoms with Crippen LogP contribution in [0.25, 0.3) is 0 Å². The number of nitrogens with two attached hydrogens (primary N) is 1. The number of aromatic nitrogens is 2. The van der Waals surface area contributed by atoms with Gasteiger partial charge in [-0.1, -0.05) is 6.92 Å². The summed E-state index contributed by atoms with van der Waals surface area (Å²) >= 11 is 0. The molecule has 0 radical (unpaired) electrons. The highest BCUT2D eigenvalue weighted by Gasteiger charge is 2.33. The van der Waals surface area contributed by atoms with E-state index in [1.165, 1.54) is 6.07 Å². The summed E-state index contributed by atoms with van der Waals surface area (Å²) < 4.78 is 0. The standard InChI is InChI=1S/C13H20N4O2/c1-9-4-6-13(8-18,7-5-9)15-11-3-2-10(12(14)19)16-17-11/h2-3,9,18H,4-8H2,1H3,(H2,14,19)(H,15,17). The van der Waals surface area contributed by atoms with Crippen molar-refractivity contribution < 1.29 is 9.90 Å². The highest BCUT2D eigenvalue weighted by Crippen LogP contribution is 2.33. The third kappa shape index (κ3) is 3.20. The minimum Gasteiger partial charge on any atom is -0.394 e. The lowest BCUT2D eigenvalue weighted by atomic mass is 9.77. The minimum atomic E-state index is -0.595. The van der Waals surface area contributed by atoms with Gasteiger partial charge >= 0.3 is 0 Å². The third-order valence-corrected chi connectivity index (χ3v) is 3.84. The lowest BCUT2D eigenvalue weighted by molar-refractivity contribution is 0.0994. The molecule has 0 atom stereocenters. The highest BCUT2D eigenvalue weighted by atomic mass is 16.3. The normalized spacial score (nSPS) is 26.9. The van der Waals surface area contributed by atoms with Crippen molar-refractivity contribution in [1.82, 2.24) is 10.2 Å². The molecule has 0 aromatic carbocycles. The number of primary amides is 1. The lowest BCUT2D eigenvalue weighted by Gasteiger charge is -2.39. The quantitative estimate of drug-likeness (QED) is 0.751. The molecule has 104 valence electrons. The molecule has 0 bridgehead atoms. The largest absolute Gasteiger partial charge is 0.394 e. The van der Waals surface area contributed by atoms with Gasteiger partial charge in [0.15, 0.2) is 5.69 Å². The van der Waals surface area contributed by atoms with Crippen LogP contribution in [0.15, 0.2) is 12.1 Å². The Balaban J connectivity index is 2.08. The highest BCUT2D eigenvalue weighted by molar-refractivity contribution is 5.90. The number of hydrogen-bond donors (Lipinski definition) is 3. The van der Waals surface area contributed by atoms with E-state index in [1.54, 1.807) is 6.07 Å². The van der Waals surface area contributed by atoms with Crippen LogP contribution in [0.4, 0.5) is 5.82 Å². The second-order valence-corrected chi connectivity index (χ2v) is 5.41. The Hall–Kier alpha value is -1.69. The van der Waals surface area contributed by atoms with Gasteiger partial charge in [0.25, 0.3) is 5.91 Å². The van der Waals surface area contributed by atoms with Crippen LogP contribution in [-0.4, -0.2) is 33.4 Å². The number of anilines is 1. The van der Waals surface area contributed by atoms with Gasteiger partial charge in [-0.3, -0.25) is 4.79 Å². The van der Waals surface area contributed by atoms with E-state index in [2.05, 4.69) is 22.4 Å². The summed E-state index contributed by atoms with van der Waals surface area (Å²) in [5, 5.41) is 20.6. The number of hydrogen-bond acceptors (Lipinski definition) is 5. The van der Waals surface area contributed by atoms with Crippen molar-refractivity contribution in [2.24, 2.45) is 11.7 Å². The van der Waals surface area contributed by atoms with Crippen LogP contribution in [0, 0.1) is 5.92 Å². The van der Waals surface area contributed by atoms with Crippen LogP contribution in [0.5, 0.6) is 0 Å². The maximum Gasteiger partial charge on any atom is 0.269 e. The fraction of sp³-hybridized carbons (Fsp3) is 0.615. The Morgan fingerprint density at radius 3 is 2.63 bits per heavy atom. The van der Waals surface area contributed by atoms with Gasteiger partial charge in [-0.2, -0.15) is 0 Å². The molecule has 1 aromatic rings. The molecule has 19 heavy (non-hydrogen) atoms. The molecule has 0 unspecified atom stereocenters. The zero-order chi connectivity index (χ0) is 13.9. The van der Waals surface area contributed by atoms with Crippen molar-refractivity contribution in [3.05, 3.63) is 17.8 Å². The van der Waals surface area contributed by atoms with Crippen molar-refractivity contribution in [1.29, 1.82) is 0 Å². The van der Waals surface area contributed by atoms with Gasteiger partial charge in [0.1, 0.15) is 5.82 Å². The van der Waals surface area contributed by atoms with Gasteiger partial charge in [0.2, 0.25) is 0 Å². The average molecular weight is 264 g/mol. The molecule has 0 aliphatic heterocycles. The summed E-state index contributed by atoms with van der Waals surface area (Å²) in [6.07, 6.45) is 3.98. The third-order valence-electron chi connectivity index (χ3n) is 3.84. The van der Waals surface area contributed by atoms with Crippen LogP contribution in [0.3, 0.4) is 0 Å². The van der Waals surface area contributed by atoms with Crippen molar-refractivity contribution in [3.8, 4) is 0 Å². The first kappa shape index (κ1) is 13.7. The molecule has 1 aliphatic carbocycles. The number of nitrogens with zero attached hydrogens (tertiary/aromatic N) is 2. The number of amides is 1. The molecule has 2 rings (SSSR count). The molecule has 1 amide bonds. The SMILES string of the molecule is CC1CCC(CO)(Nc2ccc(C(N)=O)nn2)CC1. The Kier molecular flexibility index (Phi) is 3.99. The summed E-state index contributed by atoms with van der Waals surface area (Å²) in [7, 11) is 0. The molecule has 1 aliphatic rings. The number of aliphatic hydroxyl groups is 1. The maximum absolute atomic E-state index is 10.9. The zero-order valence-electron chi connectivity index (χ0n) is 11.1. The summed E-state index contributed by atoms with van der Waals surface area (Å²) in [6.45, 7) is 2.29. The fourth-order valence-electron chi connectivity index (χ4n) is 2.44. The van der Waals surface area contributed by atoms with E-state index in [9.17, 15) is 9.90 Å². The molecule has 4 N–H and O–H groups in total. The van der Waals surface area contributed by atoms with Gasteiger partial charge in [-0.25, -0.2) is 0 Å². The fourth-order valence-corrected chi connectivity index (χ4v) is 2.44. The molecular formula is C13H20N4O2. The van der Waals surface area contributed by atoms with E-state index < -0.39 is 5.91 Å². The van der Waals surface area contributed by atoms with E-state index in [0.717, 1.165) is 25.7 Å². The van der Waals surface area contributed by atoms with Crippen molar-refractivity contribution in [3.63, 3.8) is 0 Å². The number of nitrogens with one attached hydrogen (secondary N) is 1. The second-order valence-electron chi connectivity index (χ2n) is 5.41. The molecule has 6 nitrogen and oxygen atoms in total. The minimum absolute atomic E-state index is 0.0684. The summed E-state index contributed by atoms with van der Waals surface area (Å²) in [6, 6.07) is 3.21. The molecule has 0 spiro atoms. The van der Waals surface area contributed by atoms with E-state index in [-0.39, 0.29) is 17.8 Å². The van der Waals surface area contributed by atoms with Crippen molar-refractivity contribution in [2.45, 2.75) is 38.1 Å². The zero-order valence-corrected chi connectivity index (χ0v) is 11.1. The Morgan fingerprint density at radius 2 is 2.16 bits per heavy atom. The van der Waals surface area contributed by atoms with Crippen LogP contribution < -0.4 is 11.1 Å². The predicted octanol–water partition coefficient (Wildman–Crippen LogP) is 0.929. The Morgan fingerprint density at radius 1 is 1.47 bits per heavy atom. The van der Waals surface area contributed by atoms with E-state index in [1.807, 2.05) is 0 Å². The van der Waals surface area contributed by atoms with Gasteiger partial charge in [-0.05, 0) is 43.7 Å². The van der Waals surface area contributed by atoms with Crippen LogP contribution >= 0.6 is 0 Å². The number of carbonyl (C=O) groups is 1. The van der Waals surface area contributed by atoms with Gasteiger partial charge in [0.05, 0.1) is 12.1 Å². The van der Waals surface area contributed by atoms with E-state index in [0.29, 0.717) is 11.7 Å². The van der Waals surface area contributed by atoms with E-state index >= 15 is 0 Å². The van der Waals surface area contributed by atoms with Crippen LogP contribution in [0.1, 0.15) is 43.1 Å². The second kappa shape index (κ2) is 5.52. The number of rotatable bonds is 4. The van der Waals surface area contributed by atoms with E-state index in [4.69, 9.17) is 5.73 Å². The Labute approximate surface area is 112 Å². The number of carbonyl (C=O) groups excluding carboxylic acids is 1. The predicted molar refractivity (Wildman–Crippen MR) is 71.6 cm³/mol. The first-order chi connectivity index (χ1) is 9.04. The molecule has 1 saturated carbocycles. The maximum atomic E-state index is 10.9. The molecule has 1 heterocycles. The van der Waals surface area contributed by atoms with Crippen molar-refractivity contribution in [2.75, 3.05) is 11.9 Å². The first-order valence-corrected chi connectivity index (χ1v) is 6.57. The molecule has 1 aromatic heterocycles.